The Labute approximate surface area is 81.5 Å². The lowest BCUT2D eigenvalue weighted by Gasteiger charge is -2.49. The van der Waals surface area contributed by atoms with Crippen molar-refractivity contribution >= 4 is 0 Å². The van der Waals surface area contributed by atoms with E-state index in [0.29, 0.717) is 12.3 Å². The van der Waals surface area contributed by atoms with Crippen molar-refractivity contribution in [3.63, 3.8) is 0 Å². The van der Waals surface area contributed by atoms with Crippen molar-refractivity contribution in [1.82, 2.24) is 0 Å². The van der Waals surface area contributed by atoms with Gasteiger partial charge in [0.15, 0.2) is 0 Å². The van der Waals surface area contributed by atoms with Gasteiger partial charge in [0.25, 0.3) is 0 Å². The zero-order chi connectivity index (χ0) is 10.1. The fourth-order valence-electron chi connectivity index (χ4n) is 2.54. The molecule has 1 aliphatic carbocycles. The number of aliphatic hydroxyl groups is 1. The molecule has 1 aliphatic rings. The Hall–Kier alpha value is -0.480. The quantitative estimate of drug-likeness (QED) is 0.615. The fraction of sp³-hybridized carbons (Fsp3) is 0.833. The molecular formula is C12H20O. The summed E-state index contributed by atoms with van der Waals surface area (Å²) in [5.41, 5.74) is -0.683. The van der Waals surface area contributed by atoms with Crippen LogP contribution in [0.15, 0.2) is 0 Å². The largest absolute Gasteiger partial charge is 0.388 e. The van der Waals surface area contributed by atoms with E-state index in [9.17, 15) is 5.11 Å². The van der Waals surface area contributed by atoms with Crippen LogP contribution in [-0.2, 0) is 0 Å². The molecule has 0 aliphatic heterocycles. The average molecular weight is 180 g/mol. The third kappa shape index (κ3) is 1.60. The van der Waals surface area contributed by atoms with Crippen molar-refractivity contribution in [2.45, 2.75) is 52.1 Å². The summed E-state index contributed by atoms with van der Waals surface area (Å²) < 4.78 is 0. The molecule has 0 heterocycles. The van der Waals surface area contributed by atoms with Crippen LogP contribution in [0.5, 0.6) is 0 Å². The molecule has 0 spiro atoms. The van der Waals surface area contributed by atoms with Crippen LogP contribution in [0.2, 0.25) is 0 Å². The Balaban J connectivity index is 2.92. The standard InChI is InChI=1S/C12H20O/c1-5-8-12(13)10(2)7-6-9-11(12,3)4/h1,10,13H,6-9H2,2-4H3. The van der Waals surface area contributed by atoms with Gasteiger partial charge in [-0.2, -0.15) is 0 Å². The van der Waals surface area contributed by atoms with Crippen molar-refractivity contribution in [2.75, 3.05) is 0 Å². The molecule has 0 amide bonds. The van der Waals surface area contributed by atoms with E-state index in [-0.39, 0.29) is 5.41 Å². The van der Waals surface area contributed by atoms with E-state index in [0.717, 1.165) is 12.8 Å². The summed E-state index contributed by atoms with van der Waals surface area (Å²) in [4.78, 5) is 0. The van der Waals surface area contributed by atoms with Crippen LogP contribution in [0.1, 0.15) is 46.5 Å². The van der Waals surface area contributed by atoms with Gasteiger partial charge in [0.2, 0.25) is 0 Å². The van der Waals surface area contributed by atoms with Crippen molar-refractivity contribution in [1.29, 1.82) is 0 Å². The first kappa shape index (κ1) is 10.6. The molecule has 1 N–H and O–H groups in total. The molecule has 0 radical (unpaired) electrons. The molecular weight excluding hydrogens is 160 g/mol. The minimum atomic E-state index is -0.653. The average Bonchev–Trinajstić information content (AvgIpc) is 2.01. The third-order valence-corrected chi connectivity index (χ3v) is 3.80. The topological polar surface area (TPSA) is 20.2 Å². The van der Waals surface area contributed by atoms with E-state index in [1.165, 1.54) is 6.42 Å². The predicted octanol–water partition coefficient (Wildman–Crippen LogP) is 2.59. The first-order valence-corrected chi connectivity index (χ1v) is 5.10. The summed E-state index contributed by atoms with van der Waals surface area (Å²) in [6.45, 7) is 6.36. The number of rotatable bonds is 1. The predicted molar refractivity (Wildman–Crippen MR) is 55.2 cm³/mol. The highest BCUT2D eigenvalue weighted by Gasteiger charge is 2.48. The Morgan fingerprint density at radius 1 is 1.54 bits per heavy atom. The molecule has 1 nitrogen and oxygen atoms in total. The van der Waals surface area contributed by atoms with Gasteiger partial charge < -0.3 is 5.11 Å². The number of terminal acetylenes is 1. The van der Waals surface area contributed by atoms with Gasteiger partial charge in [0.1, 0.15) is 0 Å². The Morgan fingerprint density at radius 3 is 2.62 bits per heavy atom. The lowest BCUT2D eigenvalue weighted by molar-refractivity contribution is -0.129. The maximum Gasteiger partial charge on any atom is 0.0832 e. The van der Waals surface area contributed by atoms with E-state index >= 15 is 0 Å². The summed E-state index contributed by atoms with van der Waals surface area (Å²) >= 11 is 0. The van der Waals surface area contributed by atoms with Crippen molar-refractivity contribution in [3.05, 3.63) is 0 Å². The molecule has 0 aromatic heterocycles. The molecule has 1 saturated carbocycles. The van der Waals surface area contributed by atoms with E-state index in [2.05, 4.69) is 26.7 Å². The van der Waals surface area contributed by atoms with Crippen molar-refractivity contribution in [2.24, 2.45) is 11.3 Å². The van der Waals surface area contributed by atoms with Gasteiger partial charge in [-0.1, -0.05) is 27.2 Å². The van der Waals surface area contributed by atoms with Gasteiger partial charge in [-0.25, -0.2) is 0 Å². The van der Waals surface area contributed by atoms with Crippen LogP contribution < -0.4 is 0 Å². The summed E-state index contributed by atoms with van der Waals surface area (Å²) in [5.74, 6) is 2.94. The molecule has 1 rings (SSSR count). The van der Waals surface area contributed by atoms with Gasteiger partial charge >= 0.3 is 0 Å². The molecule has 74 valence electrons. The van der Waals surface area contributed by atoms with Crippen LogP contribution in [-0.4, -0.2) is 10.7 Å². The normalized spacial score (nSPS) is 38.2. The monoisotopic (exact) mass is 180 g/mol. The molecule has 1 heteroatoms. The Bertz CT molecular complexity index is 224. The van der Waals surface area contributed by atoms with Gasteiger partial charge in [-0.05, 0) is 24.2 Å². The van der Waals surface area contributed by atoms with Crippen molar-refractivity contribution in [3.8, 4) is 12.3 Å². The minimum absolute atomic E-state index is 0.0307. The molecule has 2 atom stereocenters. The van der Waals surface area contributed by atoms with Crippen LogP contribution in [0.25, 0.3) is 0 Å². The zero-order valence-electron chi connectivity index (χ0n) is 8.93. The summed E-state index contributed by atoms with van der Waals surface area (Å²) in [6.07, 6.45) is 9.19. The molecule has 0 aromatic rings. The fourth-order valence-corrected chi connectivity index (χ4v) is 2.54. The summed E-state index contributed by atoms with van der Waals surface area (Å²) in [5, 5.41) is 10.5. The maximum atomic E-state index is 10.5. The molecule has 13 heavy (non-hydrogen) atoms. The molecule has 0 aromatic carbocycles. The molecule has 0 bridgehead atoms. The minimum Gasteiger partial charge on any atom is -0.388 e. The van der Waals surface area contributed by atoms with Crippen LogP contribution >= 0.6 is 0 Å². The third-order valence-electron chi connectivity index (χ3n) is 3.80. The highest BCUT2D eigenvalue weighted by Crippen LogP contribution is 2.48. The van der Waals surface area contributed by atoms with Crippen LogP contribution in [0, 0.1) is 23.7 Å². The maximum absolute atomic E-state index is 10.5. The second-order valence-electron chi connectivity index (χ2n) is 4.98. The summed E-state index contributed by atoms with van der Waals surface area (Å²) in [6, 6.07) is 0. The van der Waals surface area contributed by atoms with Gasteiger partial charge in [0.05, 0.1) is 5.60 Å². The van der Waals surface area contributed by atoms with E-state index in [1.807, 2.05) is 0 Å². The second-order valence-corrected chi connectivity index (χ2v) is 4.98. The van der Waals surface area contributed by atoms with E-state index < -0.39 is 5.60 Å². The second kappa shape index (κ2) is 3.35. The first-order valence-electron chi connectivity index (χ1n) is 5.10. The van der Waals surface area contributed by atoms with Gasteiger partial charge in [-0.3, -0.25) is 0 Å². The molecule has 1 fully saturated rings. The van der Waals surface area contributed by atoms with Crippen LogP contribution in [0.4, 0.5) is 0 Å². The zero-order valence-corrected chi connectivity index (χ0v) is 8.93. The van der Waals surface area contributed by atoms with E-state index in [4.69, 9.17) is 6.42 Å². The lowest BCUT2D eigenvalue weighted by Crippen LogP contribution is -2.52. The number of hydrogen-bond donors (Lipinski definition) is 1. The van der Waals surface area contributed by atoms with Gasteiger partial charge in [-0.15, -0.1) is 12.3 Å². The SMILES string of the molecule is C#CCC1(O)C(C)CCCC1(C)C. The lowest BCUT2D eigenvalue weighted by atomic mass is 9.59. The van der Waals surface area contributed by atoms with E-state index in [1.54, 1.807) is 0 Å². The number of hydrogen-bond acceptors (Lipinski definition) is 1. The first-order chi connectivity index (χ1) is 5.94. The Morgan fingerprint density at radius 2 is 2.15 bits per heavy atom. The molecule has 2 unspecified atom stereocenters. The Kier molecular flexibility index (Phi) is 2.73. The van der Waals surface area contributed by atoms with Crippen LogP contribution in [0.3, 0.4) is 0 Å². The smallest absolute Gasteiger partial charge is 0.0832 e. The highest BCUT2D eigenvalue weighted by atomic mass is 16.3. The summed E-state index contributed by atoms with van der Waals surface area (Å²) in [7, 11) is 0. The molecule has 0 saturated heterocycles. The highest BCUT2D eigenvalue weighted by molar-refractivity contribution is 5.06. The van der Waals surface area contributed by atoms with Gasteiger partial charge in [0, 0.05) is 6.42 Å². The van der Waals surface area contributed by atoms with Crippen molar-refractivity contribution < 1.29 is 5.11 Å².